The van der Waals surface area contributed by atoms with E-state index in [1.54, 1.807) is 24.3 Å². The summed E-state index contributed by atoms with van der Waals surface area (Å²) in [6.07, 6.45) is 2.03. The maximum atomic E-state index is 14.1. The summed E-state index contributed by atoms with van der Waals surface area (Å²) in [6, 6.07) is 22.6. The lowest BCUT2D eigenvalue weighted by Gasteiger charge is -2.34. The number of anilines is 1. The zero-order valence-electron chi connectivity index (χ0n) is 23.2. The summed E-state index contributed by atoms with van der Waals surface area (Å²) in [5, 5.41) is 3.02. The SMILES string of the molecule is CC[C@@H](C)NC(=O)[C@@H](Cc1ccccc1)N(Cc1cccc(Br)c1)C(=O)CN(c1ccccc1OC)S(C)(=O)=O. The molecule has 0 spiro atoms. The van der Waals surface area contributed by atoms with Gasteiger partial charge in [-0.25, -0.2) is 8.42 Å². The van der Waals surface area contributed by atoms with Crippen molar-refractivity contribution in [3.63, 3.8) is 0 Å². The van der Waals surface area contributed by atoms with Gasteiger partial charge < -0.3 is 15.0 Å². The lowest BCUT2D eigenvalue weighted by molar-refractivity contribution is -0.140. The third-order valence-electron chi connectivity index (χ3n) is 6.55. The molecule has 2 amide bonds. The minimum Gasteiger partial charge on any atom is -0.495 e. The second-order valence-electron chi connectivity index (χ2n) is 9.62. The molecule has 0 saturated heterocycles. The predicted octanol–water partition coefficient (Wildman–Crippen LogP) is 4.78. The zero-order valence-corrected chi connectivity index (χ0v) is 25.6. The first-order valence-corrected chi connectivity index (χ1v) is 15.7. The molecule has 0 unspecified atom stereocenters. The molecular weight excluding hydrogens is 594 g/mol. The summed E-state index contributed by atoms with van der Waals surface area (Å²) in [5.74, 6) is -0.504. The molecule has 0 bridgehead atoms. The first-order chi connectivity index (χ1) is 19.0. The van der Waals surface area contributed by atoms with E-state index in [9.17, 15) is 18.0 Å². The highest BCUT2D eigenvalue weighted by molar-refractivity contribution is 9.10. The molecule has 0 radical (unpaired) electrons. The Balaban J connectivity index is 2.08. The highest BCUT2D eigenvalue weighted by atomic mass is 79.9. The van der Waals surface area contributed by atoms with Crippen LogP contribution in [0.25, 0.3) is 0 Å². The van der Waals surface area contributed by atoms with Crippen molar-refractivity contribution in [1.82, 2.24) is 10.2 Å². The number of hydrogen-bond donors (Lipinski definition) is 1. The smallest absolute Gasteiger partial charge is 0.244 e. The molecular formula is C30H36BrN3O5S. The van der Waals surface area contributed by atoms with Crippen molar-refractivity contribution in [3.8, 4) is 5.75 Å². The second-order valence-corrected chi connectivity index (χ2v) is 12.4. The van der Waals surface area contributed by atoms with Crippen LogP contribution >= 0.6 is 15.9 Å². The Kier molecular flexibility index (Phi) is 11.2. The summed E-state index contributed by atoms with van der Waals surface area (Å²) >= 11 is 3.48. The maximum absolute atomic E-state index is 14.1. The van der Waals surface area contributed by atoms with Crippen LogP contribution in [0, 0.1) is 0 Å². The number of carbonyl (C=O) groups is 2. The highest BCUT2D eigenvalue weighted by Gasteiger charge is 2.34. The van der Waals surface area contributed by atoms with E-state index in [4.69, 9.17) is 4.74 Å². The molecule has 214 valence electrons. The van der Waals surface area contributed by atoms with Gasteiger partial charge in [-0.1, -0.05) is 77.5 Å². The number of amides is 2. The molecule has 0 fully saturated rings. The lowest BCUT2D eigenvalue weighted by atomic mass is 10.0. The van der Waals surface area contributed by atoms with Gasteiger partial charge in [-0.05, 0) is 48.7 Å². The van der Waals surface area contributed by atoms with Crippen LogP contribution in [0.15, 0.2) is 83.3 Å². The third kappa shape index (κ3) is 8.56. The minimum atomic E-state index is -3.89. The van der Waals surface area contributed by atoms with E-state index in [0.717, 1.165) is 32.6 Å². The number of rotatable bonds is 13. The number of para-hydroxylation sites is 2. The van der Waals surface area contributed by atoms with Crippen LogP contribution in [0.3, 0.4) is 0 Å². The fourth-order valence-corrected chi connectivity index (χ4v) is 5.56. The van der Waals surface area contributed by atoms with Crippen LogP contribution in [-0.2, 0) is 32.6 Å². The Morgan fingerprint density at radius 3 is 2.25 bits per heavy atom. The van der Waals surface area contributed by atoms with Crippen LogP contribution in [0.4, 0.5) is 5.69 Å². The first-order valence-electron chi connectivity index (χ1n) is 13.0. The average Bonchev–Trinajstić information content (AvgIpc) is 2.93. The molecule has 3 rings (SSSR count). The van der Waals surface area contributed by atoms with Crippen molar-refractivity contribution in [2.45, 2.75) is 45.3 Å². The minimum absolute atomic E-state index is 0.102. The number of hydrogen-bond acceptors (Lipinski definition) is 5. The fourth-order valence-electron chi connectivity index (χ4n) is 4.26. The molecule has 0 aliphatic heterocycles. The van der Waals surface area contributed by atoms with Gasteiger partial charge in [0, 0.05) is 23.5 Å². The largest absolute Gasteiger partial charge is 0.495 e. The molecule has 0 aliphatic rings. The Hall–Kier alpha value is -3.37. The second kappa shape index (κ2) is 14.3. The van der Waals surface area contributed by atoms with E-state index in [0.29, 0.717) is 5.75 Å². The number of methoxy groups -OCH3 is 1. The van der Waals surface area contributed by atoms with Gasteiger partial charge in [-0.3, -0.25) is 13.9 Å². The van der Waals surface area contributed by atoms with Gasteiger partial charge in [0.15, 0.2) is 0 Å². The summed E-state index contributed by atoms with van der Waals surface area (Å²) in [5.41, 5.74) is 1.91. The standard InChI is InChI=1S/C30H36BrN3O5S/c1-5-22(2)32-30(36)27(19-23-12-7-6-8-13-23)33(20-24-14-11-15-25(31)18-24)29(35)21-34(40(4,37)38)26-16-9-10-17-28(26)39-3/h6-18,22,27H,5,19-21H2,1-4H3,(H,32,36)/t22-,27-/m1/s1. The molecule has 40 heavy (non-hydrogen) atoms. The van der Waals surface area contributed by atoms with E-state index < -0.39 is 28.5 Å². The van der Waals surface area contributed by atoms with Crippen molar-refractivity contribution < 1.29 is 22.7 Å². The molecule has 1 N–H and O–H groups in total. The molecule has 0 saturated carbocycles. The molecule has 10 heteroatoms. The fraction of sp³-hybridized carbons (Fsp3) is 0.333. The number of halogens is 1. The van der Waals surface area contributed by atoms with Crippen molar-refractivity contribution in [2.75, 3.05) is 24.2 Å². The number of ether oxygens (including phenoxy) is 1. The van der Waals surface area contributed by atoms with Gasteiger partial charge in [0.2, 0.25) is 21.8 Å². The molecule has 3 aromatic rings. The predicted molar refractivity (Wildman–Crippen MR) is 162 cm³/mol. The van der Waals surface area contributed by atoms with E-state index in [-0.39, 0.29) is 30.6 Å². The molecule has 3 aromatic carbocycles. The van der Waals surface area contributed by atoms with Gasteiger partial charge >= 0.3 is 0 Å². The van der Waals surface area contributed by atoms with E-state index in [2.05, 4.69) is 21.2 Å². The molecule has 2 atom stereocenters. The molecule has 0 aromatic heterocycles. The monoisotopic (exact) mass is 629 g/mol. The Morgan fingerprint density at radius 2 is 1.62 bits per heavy atom. The Labute approximate surface area is 245 Å². The molecule has 8 nitrogen and oxygen atoms in total. The number of nitrogens with zero attached hydrogens (tertiary/aromatic N) is 2. The van der Waals surface area contributed by atoms with Crippen molar-refractivity contribution in [2.24, 2.45) is 0 Å². The van der Waals surface area contributed by atoms with Crippen LogP contribution in [0.5, 0.6) is 5.75 Å². The lowest BCUT2D eigenvalue weighted by Crippen LogP contribution is -2.54. The number of nitrogens with one attached hydrogen (secondary N) is 1. The van der Waals surface area contributed by atoms with Gasteiger partial charge in [0.05, 0.1) is 19.1 Å². The van der Waals surface area contributed by atoms with Gasteiger partial charge in [0.1, 0.15) is 18.3 Å². The highest BCUT2D eigenvalue weighted by Crippen LogP contribution is 2.30. The third-order valence-corrected chi connectivity index (χ3v) is 8.17. The van der Waals surface area contributed by atoms with Gasteiger partial charge in [0.25, 0.3) is 0 Å². The summed E-state index contributed by atoms with van der Waals surface area (Å²) in [6.45, 7) is 3.48. The summed E-state index contributed by atoms with van der Waals surface area (Å²) in [7, 11) is -2.45. The van der Waals surface area contributed by atoms with E-state index in [1.807, 2.05) is 68.4 Å². The summed E-state index contributed by atoms with van der Waals surface area (Å²) < 4.78 is 33.2. The van der Waals surface area contributed by atoms with Gasteiger partial charge in [-0.15, -0.1) is 0 Å². The van der Waals surface area contributed by atoms with Crippen LogP contribution in [0.2, 0.25) is 0 Å². The van der Waals surface area contributed by atoms with E-state index in [1.165, 1.54) is 12.0 Å². The van der Waals surface area contributed by atoms with Gasteiger partial charge in [-0.2, -0.15) is 0 Å². The van der Waals surface area contributed by atoms with Crippen molar-refractivity contribution in [3.05, 3.63) is 94.5 Å². The van der Waals surface area contributed by atoms with Crippen LogP contribution in [0.1, 0.15) is 31.4 Å². The normalized spacial score (nSPS) is 12.7. The van der Waals surface area contributed by atoms with Crippen molar-refractivity contribution >= 4 is 43.5 Å². The number of benzene rings is 3. The van der Waals surface area contributed by atoms with Crippen LogP contribution < -0.4 is 14.4 Å². The van der Waals surface area contributed by atoms with Crippen LogP contribution in [-0.4, -0.2) is 57.1 Å². The molecule has 0 aliphatic carbocycles. The Bertz CT molecular complexity index is 1400. The number of carbonyl (C=O) groups excluding carboxylic acids is 2. The Morgan fingerprint density at radius 1 is 0.975 bits per heavy atom. The average molecular weight is 631 g/mol. The topological polar surface area (TPSA) is 96.0 Å². The molecule has 0 heterocycles. The maximum Gasteiger partial charge on any atom is 0.244 e. The number of sulfonamides is 1. The summed E-state index contributed by atoms with van der Waals surface area (Å²) in [4.78, 5) is 29.3. The van der Waals surface area contributed by atoms with Crippen molar-refractivity contribution in [1.29, 1.82) is 0 Å². The first kappa shape index (κ1) is 31.2. The van der Waals surface area contributed by atoms with E-state index >= 15 is 0 Å². The quantitative estimate of drug-likeness (QED) is 0.294. The zero-order chi connectivity index (χ0) is 29.3.